The number of rotatable bonds is 5. The second kappa shape index (κ2) is 7.45. The number of morpholine rings is 1. The van der Waals surface area contributed by atoms with Gasteiger partial charge in [0.1, 0.15) is 6.04 Å². The molecule has 6 nitrogen and oxygen atoms in total. The van der Waals surface area contributed by atoms with Crippen molar-refractivity contribution in [1.82, 2.24) is 10.2 Å². The first-order valence-electron chi connectivity index (χ1n) is 6.89. The van der Waals surface area contributed by atoms with E-state index in [4.69, 9.17) is 10.5 Å². The average Bonchev–Trinajstić information content (AvgIpc) is 2.43. The molecule has 0 bridgehead atoms. The highest BCUT2D eigenvalue weighted by atomic mass is 16.5. The molecule has 19 heavy (non-hydrogen) atoms. The number of ether oxygens (including phenoxy) is 1. The molecule has 3 N–H and O–H groups in total. The summed E-state index contributed by atoms with van der Waals surface area (Å²) in [7, 11) is 0. The van der Waals surface area contributed by atoms with Crippen LogP contribution in [0.25, 0.3) is 0 Å². The van der Waals surface area contributed by atoms with Crippen LogP contribution in [0, 0.1) is 5.92 Å². The van der Waals surface area contributed by atoms with Crippen LogP contribution in [0.3, 0.4) is 0 Å². The van der Waals surface area contributed by atoms with E-state index in [0.717, 1.165) is 0 Å². The summed E-state index contributed by atoms with van der Waals surface area (Å²) >= 11 is 0. The van der Waals surface area contributed by atoms with Gasteiger partial charge in [-0.05, 0) is 12.3 Å². The van der Waals surface area contributed by atoms with Crippen LogP contribution in [0.4, 0.5) is 0 Å². The van der Waals surface area contributed by atoms with E-state index in [9.17, 15) is 9.59 Å². The maximum absolute atomic E-state index is 12.3. The molecule has 1 fully saturated rings. The van der Waals surface area contributed by atoms with Gasteiger partial charge in [0, 0.05) is 13.1 Å². The zero-order valence-electron chi connectivity index (χ0n) is 12.0. The fourth-order valence-electron chi connectivity index (χ4n) is 1.91. The van der Waals surface area contributed by atoms with Crippen LogP contribution in [0.2, 0.25) is 0 Å². The summed E-state index contributed by atoms with van der Waals surface area (Å²) in [4.78, 5) is 25.9. The van der Waals surface area contributed by atoms with Crippen LogP contribution in [-0.2, 0) is 14.3 Å². The lowest BCUT2D eigenvalue weighted by Crippen LogP contribution is -2.55. The molecule has 0 aliphatic carbocycles. The van der Waals surface area contributed by atoms with Gasteiger partial charge in [-0.1, -0.05) is 20.8 Å². The van der Waals surface area contributed by atoms with Crippen LogP contribution in [0.1, 0.15) is 27.2 Å². The third-order valence-corrected chi connectivity index (χ3v) is 3.37. The average molecular weight is 271 g/mol. The fourth-order valence-corrected chi connectivity index (χ4v) is 1.91. The predicted octanol–water partition coefficient (Wildman–Crippen LogP) is -0.277. The highest BCUT2D eigenvalue weighted by molar-refractivity contribution is 5.89. The van der Waals surface area contributed by atoms with E-state index < -0.39 is 12.1 Å². The Labute approximate surface area is 114 Å². The Morgan fingerprint density at radius 2 is 1.89 bits per heavy atom. The van der Waals surface area contributed by atoms with Crippen LogP contribution >= 0.6 is 0 Å². The molecule has 0 aromatic rings. The highest BCUT2D eigenvalue weighted by Gasteiger charge is 2.28. The van der Waals surface area contributed by atoms with Crippen molar-refractivity contribution in [2.45, 2.75) is 39.3 Å². The minimum Gasteiger partial charge on any atom is -0.378 e. The van der Waals surface area contributed by atoms with Crippen LogP contribution in [0.5, 0.6) is 0 Å². The molecule has 1 unspecified atom stereocenters. The summed E-state index contributed by atoms with van der Waals surface area (Å²) in [6.07, 6.45) is 0.562. The molecule has 0 spiro atoms. The van der Waals surface area contributed by atoms with Crippen LogP contribution in [0.15, 0.2) is 0 Å². The van der Waals surface area contributed by atoms with E-state index >= 15 is 0 Å². The molecule has 6 heteroatoms. The summed E-state index contributed by atoms with van der Waals surface area (Å²) in [6.45, 7) is 7.93. The minimum absolute atomic E-state index is 0.0462. The van der Waals surface area contributed by atoms with Crippen molar-refractivity contribution >= 4 is 11.8 Å². The Morgan fingerprint density at radius 3 is 2.37 bits per heavy atom. The van der Waals surface area contributed by atoms with E-state index in [1.165, 1.54) is 0 Å². The van der Waals surface area contributed by atoms with Crippen molar-refractivity contribution in [3.63, 3.8) is 0 Å². The number of nitrogens with two attached hydrogens (primary N) is 1. The molecule has 0 aromatic carbocycles. The summed E-state index contributed by atoms with van der Waals surface area (Å²) < 4.78 is 5.21. The van der Waals surface area contributed by atoms with E-state index in [0.29, 0.717) is 32.7 Å². The number of carbonyl (C=O) groups excluding carboxylic acids is 2. The number of nitrogens with one attached hydrogen (secondary N) is 1. The second-order valence-corrected chi connectivity index (χ2v) is 5.18. The lowest BCUT2D eigenvalue weighted by Gasteiger charge is -2.31. The Balaban J connectivity index is 2.56. The summed E-state index contributed by atoms with van der Waals surface area (Å²) in [6, 6.07) is -1.07. The second-order valence-electron chi connectivity index (χ2n) is 5.18. The number of hydrogen-bond acceptors (Lipinski definition) is 4. The molecule has 0 radical (unpaired) electrons. The smallest absolute Gasteiger partial charge is 0.245 e. The maximum Gasteiger partial charge on any atom is 0.245 e. The molecule has 2 amide bonds. The first-order valence-corrected chi connectivity index (χ1v) is 6.89. The number of nitrogens with zero attached hydrogens (tertiary/aromatic N) is 1. The summed E-state index contributed by atoms with van der Waals surface area (Å²) in [5, 5.41) is 2.75. The van der Waals surface area contributed by atoms with Gasteiger partial charge in [-0.25, -0.2) is 0 Å². The van der Waals surface area contributed by atoms with Crippen molar-refractivity contribution in [1.29, 1.82) is 0 Å². The normalized spacial score (nSPS) is 19.1. The molecular formula is C13H25N3O3. The lowest BCUT2D eigenvalue weighted by molar-refractivity contribution is -0.140. The summed E-state index contributed by atoms with van der Waals surface area (Å²) in [5.74, 6) is -0.255. The van der Waals surface area contributed by atoms with Gasteiger partial charge in [-0.3, -0.25) is 9.59 Å². The molecule has 1 rings (SSSR count). The van der Waals surface area contributed by atoms with Crippen molar-refractivity contribution < 1.29 is 14.3 Å². The Bertz CT molecular complexity index is 314. The molecule has 2 atom stereocenters. The van der Waals surface area contributed by atoms with Crippen LogP contribution in [-0.4, -0.2) is 55.1 Å². The predicted molar refractivity (Wildman–Crippen MR) is 72.4 cm³/mol. The van der Waals surface area contributed by atoms with Gasteiger partial charge in [0.25, 0.3) is 0 Å². The van der Waals surface area contributed by atoms with E-state index in [2.05, 4.69) is 5.32 Å². The molecule has 0 saturated carbocycles. The number of hydrogen-bond donors (Lipinski definition) is 2. The number of amides is 2. The van der Waals surface area contributed by atoms with Gasteiger partial charge in [-0.2, -0.15) is 0 Å². The zero-order valence-corrected chi connectivity index (χ0v) is 12.0. The highest BCUT2D eigenvalue weighted by Crippen LogP contribution is 2.05. The van der Waals surface area contributed by atoms with E-state index in [1.807, 2.05) is 20.8 Å². The molecule has 110 valence electrons. The topological polar surface area (TPSA) is 84.7 Å². The molecule has 1 aliphatic heterocycles. The Kier molecular flexibility index (Phi) is 6.24. The molecule has 1 saturated heterocycles. The van der Waals surface area contributed by atoms with Crippen molar-refractivity contribution in [3.8, 4) is 0 Å². The largest absolute Gasteiger partial charge is 0.378 e. The quantitative estimate of drug-likeness (QED) is 0.720. The summed E-state index contributed by atoms with van der Waals surface area (Å²) in [5.41, 5.74) is 5.78. The SMILES string of the molecule is CCC(NC(=O)[C@@H](N)C(C)C)C(=O)N1CCOCC1. The van der Waals surface area contributed by atoms with Gasteiger partial charge in [0.15, 0.2) is 0 Å². The van der Waals surface area contributed by atoms with Gasteiger partial charge in [-0.15, -0.1) is 0 Å². The number of carbonyl (C=O) groups is 2. The van der Waals surface area contributed by atoms with Crippen LogP contribution < -0.4 is 11.1 Å². The van der Waals surface area contributed by atoms with Crippen molar-refractivity contribution in [3.05, 3.63) is 0 Å². The third kappa shape index (κ3) is 4.47. The third-order valence-electron chi connectivity index (χ3n) is 3.37. The molecule has 0 aromatic heterocycles. The zero-order chi connectivity index (χ0) is 14.4. The molecular weight excluding hydrogens is 246 g/mol. The van der Waals surface area contributed by atoms with Gasteiger partial charge in [0.05, 0.1) is 19.3 Å². The minimum atomic E-state index is -0.577. The lowest BCUT2D eigenvalue weighted by atomic mass is 10.0. The van der Waals surface area contributed by atoms with Gasteiger partial charge in [0.2, 0.25) is 11.8 Å². The Hall–Kier alpha value is -1.14. The van der Waals surface area contributed by atoms with Crippen molar-refractivity contribution in [2.75, 3.05) is 26.3 Å². The maximum atomic E-state index is 12.3. The molecule has 1 heterocycles. The van der Waals surface area contributed by atoms with E-state index in [1.54, 1.807) is 4.90 Å². The molecule has 1 aliphatic rings. The van der Waals surface area contributed by atoms with Gasteiger partial charge >= 0.3 is 0 Å². The monoisotopic (exact) mass is 271 g/mol. The van der Waals surface area contributed by atoms with Gasteiger partial charge < -0.3 is 20.7 Å². The van der Waals surface area contributed by atoms with Crippen molar-refractivity contribution in [2.24, 2.45) is 11.7 Å². The Morgan fingerprint density at radius 1 is 1.32 bits per heavy atom. The fraction of sp³-hybridized carbons (Fsp3) is 0.846. The first-order chi connectivity index (χ1) is 8.97. The first kappa shape index (κ1) is 15.9. The standard InChI is InChI=1S/C13H25N3O3/c1-4-10(15-12(17)11(14)9(2)3)13(18)16-5-7-19-8-6-16/h9-11H,4-8,14H2,1-3H3,(H,15,17)/t10?,11-/m0/s1. The van der Waals surface area contributed by atoms with E-state index in [-0.39, 0.29) is 17.7 Å².